The Bertz CT molecular complexity index is 881. The molecule has 2 heterocycles. The van der Waals surface area contributed by atoms with E-state index >= 15 is 0 Å². The van der Waals surface area contributed by atoms with Crippen molar-refractivity contribution < 1.29 is 22.3 Å². The van der Waals surface area contributed by atoms with Gasteiger partial charge in [0.05, 0.1) is 6.04 Å². The number of hydrogen-bond donors (Lipinski definition) is 1. The van der Waals surface area contributed by atoms with Gasteiger partial charge in [0.2, 0.25) is 5.67 Å². The van der Waals surface area contributed by atoms with E-state index in [9.17, 15) is 17.6 Å². The summed E-state index contributed by atoms with van der Waals surface area (Å²) in [7, 11) is 0. The van der Waals surface area contributed by atoms with Crippen LogP contribution in [-0.4, -0.2) is 25.4 Å². The van der Waals surface area contributed by atoms with Crippen molar-refractivity contribution in [3.63, 3.8) is 0 Å². The van der Waals surface area contributed by atoms with Crippen LogP contribution in [0.15, 0.2) is 42.5 Å². The molecule has 0 aromatic heterocycles. The van der Waals surface area contributed by atoms with Crippen LogP contribution in [0.2, 0.25) is 5.02 Å². The van der Waals surface area contributed by atoms with Crippen LogP contribution in [0, 0.1) is 0 Å². The Balaban J connectivity index is 1.76. The molecule has 0 spiro atoms. The van der Waals surface area contributed by atoms with Gasteiger partial charge in [0, 0.05) is 21.6 Å². The van der Waals surface area contributed by atoms with Crippen LogP contribution in [0.25, 0.3) is 0 Å². The maximum atomic E-state index is 14.4. The second-order valence-corrected chi connectivity index (χ2v) is 8.18. The van der Waals surface area contributed by atoms with Gasteiger partial charge in [-0.25, -0.2) is 4.39 Å². The van der Waals surface area contributed by atoms with Crippen molar-refractivity contribution in [2.45, 2.75) is 43.1 Å². The minimum absolute atomic E-state index is 0.0425. The summed E-state index contributed by atoms with van der Waals surface area (Å²) in [5.74, 6) is 0.333. The van der Waals surface area contributed by atoms with Gasteiger partial charge < -0.3 is 10.1 Å². The molecule has 150 valence electrons. The van der Waals surface area contributed by atoms with Crippen LogP contribution in [0.5, 0.6) is 5.75 Å². The summed E-state index contributed by atoms with van der Waals surface area (Å²) in [5.41, 5.74) is -2.28. The highest BCUT2D eigenvalue weighted by atomic mass is 35.5. The summed E-state index contributed by atoms with van der Waals surface area (Å²) in [4.78, 5) is 0. The molecule has 4 rings (SSSR count). The van der Waals surface area contributed by atoms with Crippen molar-refractivity contribution in [2.75, 3.05) is 13.2 Å². The van der Waals surface area contributed by atoms with Crippen molar-refractivity contribution >= 4 is 11.6 Å². The third-order valence-electron chi connectivity index (χ3n) is 6.06. The summed E-state index contributed by atoms with van der Waals surface area (Å²) in [5, 5.41) is 4.08. The summed E-state index contributed by atoms with van der Waals surface area (Å²) in [6.07, 6.45) is -3.47. The molecule has 1 fully saturated rings. The van der Waals surface area contributed by atoms with Gasteiger partial charge in [0.25, 0.3) is 0 Å². The predicted molar refractivity (Wildman–Crippen MR) is 99.7 cm³/mol. The highest BCUT2D eigenvalue weighted by Crippen LogP contribution is 2.49. The standard InChI is InChI=1S/C21H20ClF4NO/c1-19(23,21(24,25)26)14-4-7-16-17(10-14)28-12-18-20(16,8-9-27-18)11-13-2-5-15(22)6-3-13/h2-7,10,18,27H,8-9,11-12H2,1H3. The zero-order chi connectivity index (χ0) is 20.2. The zero-order valence-electron chi connectivity index (χ0n) is 15.2. The molecule has 7 heteroatoms. The molecule has 2 nitrogen and oxygen atoms in total. The molecular weight excluding hydrogens is 394 g/mol. The Morgan fingerprint density at radius 2 is 1.86 bits per heavy atom. The van der Waals surface area contributed by atoms with Gasteiger partial charge in [-0.1, -0.05) is 35.9 Å². The SMILES string of the molecule is CC(F)(c1ccc2c(c1)OCC1NCCC21Cc1ccc(Cl)cc1)C(F)(F)F. The van der Waals surface area contributed by atoms with Gasteiger partial charge in [-0.2, -0.15) is 13.2 Å². The zero-order valence-corrected chi connectivity index (χ0v) is 16.0. The monoisotopic (exact) mass is 413 g/mol. The van der Waals surface area contributed by atoms with Crippen LogP contribution >= 0.6 is 11.6 Å². The minimum atomic E-state index is -4.99. The number of nitrogens with one attached hydrogen (secondary N) is 1. The topological polar surface area (TPSA) is 21.3 Å². The van der Waals surface area contributed by atoms with Crippen LogP contribution < -0.4 is 10.1 Å². The lowest BCUT2D eigenvalue weighted by Crippen LogP contribution is -2.49. The number of ether oxygens (including phenoxy) is 1. The quantitative estimate of drug-likeness (QED) is 0.687. The molecule has 0 radical (unpaired) electrons. The fourth-order valence-corrected chi connectivity index (χ4v) is 4.46. The normalized spacial score (nSPS) is 26.1. The maximum Gasteiger partial charge on any atom is 0.426 e. The van der Waals surface area contributed by atoms with E-state index in [1.165, 1.54) is 12.1 Å². The fraction of sp³-hybridized carbons (Fsp3) is 0.429. The van der Waals surface area contributed by atoms with Crippen LogP contribution in [0.3, 0.4) is 0 Å². The van der Waals surface area contributed by atoms with E-state index in [0.717, 1.165) is 24.1 Å². The molecule has 1 N–H and O–H groups in total. The lowest BCUT2D eigenvalue weighted by molar-refractivity contribution is -0.228. The molecule has 28 heavy (non-hydrogen) atoms. The molecule has 0 amide bonds. The van der Waals surface area contributed by atoms with Crippen molar-refractivity contribution in [2.24, 2.45) is 0 Å². The molecule has 3 unspecified atom stereocenters. The molecule has 2 aromatic rings. The Kier molecular flexibility index (Phi) is 4.62. The Labute approximate surface area is 165 Å². The van der Waals surface area contributed by atoms with E-state index in [-0.39, 0.29) is 11.5 Å². The third-order valence-corrected chi connectivity index (χ3v) is 6.31. The van der Waals surface area contributed by atoms with E-state index < -0.39 is 17.4 Å². The smallest absolute Gasteiger partial charge is 0.426 e. The molecule has 0 saturated carbocycles. The van der Waals surface area contributed by atoms with E-state index in [0.29, 0.717) is 30.7 Å². The first-order valence-electron chi connectivity index (χ1n) is 9.15. The highest BCUT2D eigenvalue weighted by Gasteiger charge is 2.54. The number of alkyl halides is 4. The van der Waals surface area contributed by atoms with Crippen molar-refractivity contribution in [1.29, 1.82) is 0 Å². The van der Waals surface area contributed by atoms with Gasteiger partial charge >= 0.3 is 6.18 Å². The number of fused-ring (bicyclic) bond motifs is 3. The van der Waals surface area contributed by atoms with Gasteiger partial charge in [0.15, 0.2) is 0 Å². The van der Waals surface area contributed by atoms with Gasteiger partial charge in [-0.05, 0) is 50.1 Å². The molecule has 0 bridgehead atoms. The first kappa shape index (κ1) is 19.5. The number of rotatable bonds is 3. The van der Waals surface area contributed by atoms with Crippen molar-refractivity contribution in [3.8, 4) is 5.75 Å². The van der Waals surface area contributed by atoms with E-state index in [2.05, 4.69) is 5.32 Å². The molecule has 2 aliphatic rings. The molecule has 3 atom stereocenters. The van der Waals surface area contributed by atoms with E-state index in [1.54, 1.807) is 6.07 Å². The largest absolute Gasteiger partial charge is 0.492 e. The fourth-order valence-electron chi connectivity index (χ4n) is 4.34. The molecule has 0 aliphatic carbocycles. The Hall–Kier alpha value is -1.79. The number of halogens is 5. The Morgan fingerprint density at radius 3 is 2.54 bits per heavy atom. The Morgan fingerprint density at radius 1 is 1.14 bits per heavy atom. The van der Waals surface area contributed by atoms with Crippen LogP contribution in [0.4, 0.5) is 17.6 Å². The van der Waals surface area contributed by atoms with Crippen molar-refractivity contribution in [3.05, 3.63) is 64.2 Å². The van der Waals surface area contributed by atoms with E-state index in [4.69, 9.17) is 16.3 Å². The molecule has 2 aromatic carbocycles. The summed E-state index contributed by atoms with van der Waals surface area (Å²) in [6.45, 7) is 1.66. The summed E-state index contributed by atoms with van der Waals surface area (Å²) < 4.78 is 59.6. The van der Waals surface area contributed by atoms with Gasteiger partial charge in [0.1, 0.15) is 12.4 Å². The minimum Gasteiger partial charge on any atom is -0.492 e. The molecule has 2 aliphatic heterocycles. The van der Waals surface area contributed by atoms with Gasteiger partial charge in [-0.3, -0.25) is 0 Å². The highest BCUT2D eigenvalue weighted by molar-refractivity contribution is 6.30. The van der Waals surface area contributed by atoms with Crippen LogP contribution in [-0.2, 0) is 17.5 Å². The lowest BCUT2D eigenvalue weighted by Gasteiger charge is -2.41. The first-order chi connectivity index (χ1) is 13.1. The average Bonchev–Trinajstić information content (AvgIpc) is 3.06. The summed E-state index contributed by atoms with van der Waals surface area (Å²) in [6, 6.07) is 11.7. The van der Waals surface area contributed by atoms with Crippen LogP contribution in [0.1, 0.15) is 30.0 Å². The third kappa shape index (κ3) is 3.07. The number of benzene rings is 2. The summed E-state index contributed by atoms with van der Waals surface area (Å²) >= 11 is 5.98. The second kappa shape index (κ2) is 6.63. The molecular formula is C21H20ClF4NO. The van der Waals surface area contributed by atoms with Crippen molar-refractivity contribution in [1.82, 2.24) is 5.32 Å². The second-order valence-electron chi connectivity index (χ2n) is 7.74. The lowest BCUT2D eigenvalue weighted by atomic mass is 9.68. The van der Waals surface area contributed by atoms with Gasteiger partial charge in [-0.15, -0.1) is 0 Å². The first-order valence-corrected chi connectivity index (χ1v) is 9.52. The number of hydrogen-bond acceptors (Lipinski definition) is 2. The predicted octanol–water partition coefficient (Wildman–Crippen LogP) is 5.32. The molecule has 1 saturated heterocycles. The maximum absolute atomic E-state index is 14.4. The average molecular weight is 414 g/mol. The van der Waals surface area contributed by atoms with E-state index in [1.807, 2.05) is 24.3 Å².